The van der Waals surface area contributed by atoms with Crippen molar-refractivity contribution in [3.63, 3.8) is 0 Å². The van der Waals surface area contributed by atoms with Gasteiger partial charge in [-0.25, -0.2) is 0 Å². The van der Waals surface area contributed by atoms with Crippen molar-refractivity contribution in [3.05, 3.63) is 76.5 Å². The number of methoxy groups -OCH3 is 2. The molecule has 166 valence electrons. The van der Waals surface area contributed by atoms with Gasteiger partial charge in [0.2, 0.25) is 0 Å². The molecule has 2 aromatic rings. The zero-order chi connectivity index (χ0) is 22.2. The van der Waals surface area contributed by atoms with Gasteiger partial charge in [-0.15, -0.1) is 0 Å². The van der Waals surface area contributed by atoms with E-state index in [2.05, 4.69) is 45.4 Å². The Hall–Kier alpha value is -3.38. The van der Waals surface area contributed by atoms with Crippen LogP contribution in [0.15, 0.2) is 75.6 Å². The van der Waals surface area contributed by atoms with E-state index in [-0.39, 0.29) is 0 Å². The van der Waals surface area contributed by atoms with Crippen molar-refractivity contribution in [2.75, 3.05) is 40.5 Å². The molecule has 1 aliphatic heterocycles. The molecule has 1 saturated heterocycles. The van der Waals surface area contributed by atoms with Crippen LogP contribution in [0.4, 0.5) is 0 Å². The third-order valence-electron chi connectivity index (χ3n) is 5.65. The largest absolute Gasteiger partial charge is 0.497 e. The lowest BCUT2D eigenvalue weighted by molar-refractivity contribution is 0.0548. The Bertz CT molecular complexity index is 1040. The van der Waals surface area contributed by atoms with Gasteiger partial charge in [0.1, 0.15) is 11.5 Å². The van der Waals surface area contributed by atoms with Crippen molar-refractivity contribution in [1.82, 2.24) is 4.90 Å². The van der Waals surface area contributed by atoms with E-state index in [0.717, 1.165) is 56.2 Å². The summed E-state index contributed by atoms with van der Waals surface area (Å²) in [5.41, 5.74) is 5.87. The molecule has 4 rings (SSSR count). The normalized spacial score (nSPS) is 18.3. The van der Waals surface area contributed by atoms with E-state index in [1.54, 1.807) is 20.4 Å². The fourth-order valence-electron chi connectivity index (χ4n) is 4.06. The second-order valence-corrected chi connectivity index (χ2v) is 7.65. The van der Waals surface area contributed by atoms with E-state index in [4.69, 9.17) is 14.2 Å². The molecule has 0 atom stereocenters. The number of ether oxygens (including phenoxy) is 3. The highest BCUT2D eigenvalue weighted by Crippen LogP contribution is 2.35. The maximum atomic E-state index is 5.57. The van der Waals surface area contributed by atoms with E-state index in [9.17, 15) is 0 Å². The molecular formula is C26H29N3O3. The molecule has 0 bridgehead atoms. The van der Waals surface area contributed by atoms with Gasteiger partial charge < -0.3 is 19.1 Å². The van der Waals surface area contributed by atoms with Crippen LogP contribution in [0.2, 0.25) is 0 Å². The summed E-state index contributed by atoms with van der Waals surface area (Å²) in [7, 11) is 3.28. The monoisotopic (exact) mass is 431 g/mol. The van der Waals surface area contributed by atoms with Crippen LogP contribution in [0.3, 0.4) is 0 Å². The Morgan fingerprint density at radius 1 is 0.906 bits per heavy atom. The number of benzene rings is 2. The molecule has 0 unspecified atom stereocenters. The number of hydrogen-bond donors (Lipinski definition) is 0. The summed E-state index contributed by atoms with van der Waals surface area (Å²) in [5, 5.41) is 8.66. The smallest absolute Gasteiger partial charge is 0.127 e. The minimum absolute atomic E-state index is 0.729. The molecule has 0 amide bonds. The van der Waals surface area contributed by atoms with Crippen LogP contribution in [0.5, 0.6) is 11.5 Å². The molecule has 2 aliphatic rings. The summed E-state index contributed by atoms with van der Waals surface area (Å²) >= 11 is 0. The predicted octanol–water partition coefficient (Wildman–Crippen LogP) is 4.57. The molecular weight excluding hydrogens is 402 g/mol. The first kappa shape index (κ1) is 21.8. The average molecular weight is 432 g/mol. The Labute approximate surface area is 189 Å². The fraction of sp³-hybridized carbons (Fsp3) is 0.308. The van der Waals surface area contributed by atoms with Crippen LogP contribution in [0.25, 0.3) is 6.08 Å². The highest BCUT2D eigenvalue weighted by atomic mass is 16.5. The Balaban J connectivity index is 1.59. The Morgan fingerprint density at radius 2 is 1.69 bits per heavy atom. The molecule has 6 heteroatoms. The second-order valence-electron chi connectivity index (χ2n) is 7.65. The molecule has 32 heavy (non-hydrogen) atoms. The number of hydrogen-bond acceptors (Lipinski definition) is 6. The molecule has 2 aromatic carbocycles. The number of rotatable bonds is 7. The lowest BCUT2D eigenvalue weighted by Gasteiger charge is -2.31. The molecule has 6 nitrogen and oxygen atoms in total. The molecule has 0 radical (unpaired) electrons. The maximum absolute atomic E-state index is 5.57. The van der Waals surface area contributed by atoms with E-state index < -0.39 is 0 Å². The quantitative estimate of drug-likeness (QED) is 0.476. The Kier molecular flexibility index (Phi) is 7.35. The van der Waals surface area contributed by atoms with Gasteiger partial charge in [0, 0.05) is 24.4 Å². The summed E-state index contributed by atoms with van der Waals surface area (Å²) in [6.45, 7) is 3.28. The number of nitrogens with zero attached hydrogens (tertiary/aromatic N) is 3. The third kappa shape index (κ3) is 5.26. The van der Waals surface area contributed by atoms with Gasteiger partial charge >= 0.3 is 0 Å². The van der Waals surface area contributed by atoms with Crippen molar-refractivity contribution >= 4 is 18.5 Å². The first-order chi connectivity index (χ1) is 15.8. The van der Waals surface area contributed by atoms with Gasteiger partial charge in [-0.1, -0.05) is 30.3 Å². The lowest BCUT2D eigenvalue weighted by atomic mass is 10.1. The second kappa shape index (κ2) is 10.8. The summed E-state index contributed by atoms with van der Waals surface area (Å²) in [5.74, 6) is 1.48. The zero-order valence-electron chi connectivity index (χ0n) is 18.7. The molecule has 1 fully saturated rings. The zero-order valence-corrected chi connectivity index (χ0v) is 18.7. The molecule has 0 N–H and O–H groups in total. The first-order valence-electron chi connectivity index (χ1n) is 10.9. The number of allylic oxidation sites excluding steroid dienone is 2. The standard InChI is InChI=1S/C26H29N3O3/c1-30-24-10-11-25(31-2)23(17-24)19-28-27-18-22-9-8-21(16-20-6-4-3-5-7-20)26(22)29-12-14-32-15-13-29/h3-7,10-11,16-19H,8-9,12-15H2,1-2H3/b21-16-,27-18+,28-19+. The van der Waals surface area contributed by atoms with Crippen LogP contribution >= 0.6 is 0 Å². The SMILES string of the molecule is COc1ccc(OC)c(/C=N/N=C/C2=C(N3CCOCC3)C(=C\c3ccccc3)/CC2)c1. The average Bonchev–Trinajstić information content (AvgIpc) is 3.25. The van der Waals surface area contributed by atoms with E-state index >= 15 is 0 Å². The van der Waals surface area contributed by atoms with Gasteiger partial charge in [0.25, 0.3) is 0 Å². The summed E-state index contributed by atoms with van der Waals surface area (Å²) in [6.07, 6.45) is 7.82. The Morgan fingerprint density at radius 3 is 2.44 bits per heavy atom. The summed E-state index contributed by atoms with van der Waals surface area (Å²) in [6, 6.07) is 16.1. The maximum Gasteiger partial charge on any atom is 0.127 e. The minimum Gasteiger partial charge on any atom is -0.497 e. The van der Waals surface area contributed by atoms with Crippen molar-refractivity contribution in [1.29, 1.82) is 0 Å². The van der Waals surface area contributed by atoms with Crippen LogP contribution in [0.1, 0.15) is 24.0 Å². The van der Waals surface area contributed by atoms with Crippen LogP contribution in [0, 0.1) is 0 Å². The molecule has 1 aliphatic carbocycles. The highest BCUT2D eigenvalue weighted by Gasteiger charge is 2.25. The van der Waals surface area contributed by atoms with Crippen molar-refractivity contribution in [3.8, 4) is 11.5 Å². The highest BCUT2D eigenvalue weighted by molar-refractivity contribution is 5.87. The van der Waals surface area contributed by atoms with Crippen molar-refractivity contribution in [2.45, 2.75) is 12.8 Å². The predicted molar refractivity (Wildman–Crippen MR) is 129 cm³/mol. The lowest BCUT2D eigenvalue weighted by Crippen LogP contribution is -2.36. The molecule has 0 saturated carbocycles. The summed E-state index contributed by atoms with van der Waals surface area (Å²) in [4.78, 5) is 2.42. The van der Waals surface area contributed by atoms with Gasteiger partial charge in [-0.2, -0.15) is 10.2 Å². The van der Waals surface area contributed by atoms with Gasteiger partial charge in [0.15, 0.2) is 0 Å². The third-order valence-corrected chi connectivity index (χ3v) is 5.65. The van der Waals surface area contributed by atoms with Gasteiger partial charge in [-0.3, -0.25) is 0 Å². The molecule has 0 spiro atoms. The topological polar surface area (TPSA) is 55.7 Å². The van der Waals surface area contributed by atoms with Crippen LogP contribution in [-0.2, 0) is 4.74 Å². The van der Waals surface area contributed by atoms with Gasteiger partial charge in [-0.05, 0) is 53.8 Å². The first-order valence-corrected chi connectivity index (χ1v) is 10.9. The van der Waals surface area contributed by atoms with E-state index in [0.29, 0.717) is 0 Å². The van der Waals surface area contributed by atoms with Crippen molar-refractivity contribution in [2.24, 2.45) is 10.2 Å². The molecule has 0 aromatic heterocycles. The van der Waals surface area contributed by atoms with E-state index in [1.165, 1.54) is 22.4 Å². The van der Waals surface area contributed by atoms with Crippen molar-refractivity contribution < 1.29 is 14.2 Å². The molecule has 1 heterocycles. The van der Waals surface area contributed by atoms with Crippen LogP contribution in [-0.4, -0.2) is 57.9 Å². The fourth-order valence-corrected chi connectivity index (χ4v) is 4.06. The van der Waals surface area contributed by atoms with Gasteiger partial charge in [0.05, 0.1) is 39.9 Å². The van der Waals surface area contributed by atoms with Crippen LogP contribution < -0.4 is 9.47 Å². The number of morpholine rings is 1. The minimum atomic E-state index is 0.729. The summed E-state index contributed by atoms with van der Waals surface area (Å²) < 4.78 is 16.3. The van der Waals surface area contributed by atoms with E-state index in [1.807, 2.05) is 30.5 Å².